The summed E-state index contributed by atoms with van der Waals surface area (Å²) in [4.78, 5) is 0. The molecule has 2 radical (unpaired) electrons. The van der Waals surface area contributed by atoms with Gasteiger partial charge in [0.1, 0.15) is 0 Å². The molecule has 3 aliphatic rings. The fourth-order valence-electron chi connectivity index (χ4n) is 6.60. The molecule has 2 aliphatic carbocycles. The van der Waals surface area contributed by atoms with E-state index in [1.54, 1.807) is 16.7 Å². The van der Waals surface area contributed by atoms with Gasteiger partial charge in [0.15, 0.2) is 0 Å². The number of hydrogen-bond acceptors (Lipinski definition) is 0. The van der Waals surface area contributed by atoms with Crippen molar-refractivity contribution in [1.29, 1.82) is 0 Å². The predicted molar refractivity (Wildman–Crippen MR) is 154 cm³/mol. The highest BCUT2D eigenvalue weighted by molar-refractivity contribution is 6.41. The van der Waals surface area contributed by atoms with Crippen LogP contribution in [0.2, 0.25) is 11.1 Å². The largest absolute Gasteiger partial charge is 0.0805 e. The minimum absolute atomic E-state index is 0.485. The van der Waals surface area contributed by atoms with E-state index in [-0.39, 0.29) is 0 Å². The second-order valence-electron chi connectivity index (χ2n) is 10.4. The van der Waals surface area contributed by atoms with Gasteiger partial charge in [0.05, 0.1) is 9.52 Å². The average molecular weight is 479 g/mol. The summed E-state index contributed by atoms with van der Waals surface area (Å²) < 4.78 is 0. The van der Waals surface area contributed by atoms with E-state index in [1.807, 2.05) is 0 Å². The molecule has 0 amide bonds. The van der Waals surface area contributed by atoms with Gasteiger partial charge in [-0.3, -0.25) is 0 Å². The Morgan fingerprint density at radius 3 is 1.78 bits per heavy atom. The van der Waals surface area contributed by atoms with Gasteiger partial charge in [-0.15, -0.1) is 0 Å². The third-order valence-electron chi connectivity index (χ3n) is 8.35. The quantitative estimate of drug-likeness (QED) is 0.256. The highest BCUT2D eigenvalue weighted by Crippen LogP contribution is 2.55. The smallest absolute Gasteiger partial charge is 0.0513 e. The van der Waals surface area contributed by atoms with Crippen molar-refractivity contribution in [3.8, 4) is 33.4 Å². The van der Waals surface area contributed by atoms with Crippen molar-refractivity contribution in [2.24, 2.45) is 0 Å². The predicted octanol–water partition coefficient (Wildman–Crippen LogP) is 9.48. The molecule has 2 atom stereocenters. The third-order valence-corrected chi connectivity index (χ3v) is 10.5. The molecule has 1 heterocycles. The van der Waals surface area contributed by atoms with Crippen molar-refractivity contribution in [3.05, 3.63) is 132 Å². The Hall–Kier alpha value is -3.42. The van der Waals surface area contributed by atoms with E-state index in [2.05, 4.69) is 115 Å². The Bertz CT molecular complexity index is 1370. The third kappa shape index (κ3) is 3.83. The molecular formula is C35H30Si. The minimum Gasteiger partial charge on any atom is -0.0805 e. The molecule has 174 valence electrons. The molecule has 1 saturated heterocycles. The Kier molecular flexibility index (Phi) is 5.59. The molecule has 2 unspecified atom stereocenters. The lowest BCUT2D eigenvalue weighted by Gasteiger charge is -2.34. The normalized spacial score (nSPS) is 20.7. The van der Waals surface area contributed by atoms with Crippen molar-refractivity contribution < 1.29 is 0 Å². The summed E-state index contributed by atoms with van der Waals surface area (Å²) in [5.41, 5.74) is 14.4. The summed E-state index contributed by atoms with van der Waals surface area (Å²) >= 11 is 0. The summed E-state index contributed by atoms with van der Waals surface area (Å²) in [6.07, 6.45) is 12.2. The maximum atomic E-state index is 2.52. The van der Waals surface area contributed by atoms with E-state index in [0.717, 1.165) is 15.1 Å². The van der Waals surface area contributed by atoms with Crippen molar-refractivity contribution in [2.75, 3.05) is 0 Å². The summed E-state index contributed by atoms with van der Waals surface area (Å²) in [5.74, 6) is 0.485. The Morgan fingerprint density at radius 2 is 1.22 bits per heavy atom. The summed E-state index contributed by atoms with van der Waals surface area (Å²) in [5, 5.41) is 0. The molecule has 4 aromatic carbocycles. The van der Waals surface area contributed by atoms with Crippen molar-refractivity contribution in [1.82, 2.24) is 0 Å². The first-order chi connectivity index (χ1) is 17.8. The summed E-state index contributed by atoms with van der Waals surface area (Å²) in [6, 6.07) is 36.2. The highest BCUT2D eigenvalue weighted by atomic mass is 28.2. The number of benzene rings is 4. The van der Waals surface area contributed by atoms with E-state index in [9.17, 15) is 0 Å². The fraction of sp³-hybridized carbons (Fsp3) is 0.200. The maximum absolute atomic E-state index is 2.52. The maximum Gasteiger partial charge on any atom is 0.0513 e. The van der Waals surface area contributed by atoms with Crippen LogP contribution in [0.25, 0.3) is 33.4 Å². The zero-order valence-corrected chi connectivity index (χ0v) is 21.5. The number of hydrogen-bond donors (Lipinski definition) is 0. The van der Waals surface area contributed by atoms with Crippen LogP contribution in [0.5, 0.6) is 0 Å². The van der Waals surface area contributed by atoms with Gasteiger partial charge < -0.3 is 0 Å². The van der Waals surface area contributed by atoms with Crippen LogP contribution in [0.15, 0.2) is 121 Å². The zero-order valence-electron chi connectivity index (χ0n) is 20.5. The second kappa shape index (κ2) is 9.22. The molecule has 36 heavy (non-hydrogen) atoms. The molecule has 0 aromatic heterocycles. The average Bonchev–Trinajstić information content (AvgIpc) is 3.60. The Morgan fingerprint density at radius 1 is 0.611 bits per heavy atom. The van der Waals surface area contributed by atoms with Gasteiger partial charge in [-0.2, -0.15) is 0 Å². The van der Waals surface area contributed by atoms with Crippen LogP contribution in [-0.4, -0.2) is 9.52 Å². The van der Waals surface area contributed by atoms with E-state index in [0.29, 0.717) is 11.5 Å². The standard InChI is InChI=1S/C35H30Si/c1-3-10-24(11-4-1)27-18-20-29-30-21-19-28(25-12-5-2-6-13-25)23-32(30)35(31(29)22-27)34-17-9-16-33(36-34)26-14-7-8-15-26/h1-8,10-14,18-23,33-35H,9,15-17H2. The lowest BCUT2D eigenvalue weighted by molar-refractivity contribution is 0.557. The van der Waals surface area contributed by atoms with Gasteiger partial charge in [-0.1, -0.05) is 122 Å². The minimum atomic E-state index is 0.485. The number of rotatable bonds is 4. The van der Waals surface area contributed by atoms with Gasteiger partial charge in [-0.05, 0) is 80.6 Å². The van der Waals surface area contributed by atoms with Gasteiger partial charge in [0, 0.05) is 5.92 Å². The van der Waals surface area contributed by atoms with Crippen LogP contribution in [-0.2, 0) is 0 Å². The van der Waals surface area contributed by atoms with E-state index in [1.165, 1.54) is 59.1 Å². The van der Waals surface area contributed by atoms with E-state index in [4.69, 9.17) is 0 Å². The van der Waals surface area contributed by atoms with Gasteiger partial charge in [0.25, 0.3) is 0 Å². The molecular weight excluding hydrogens is 448 g/mol. The van der Waals surface area contributed by atoms with Crippen molar-refractivity contribution in [2.45, 2.75) is 42.7 Å². The Balaban J connectivity index is 1.34. The molecule has 4 aromatic rings. The SMILES string of the molecule is C1=CCC(C2CCCC(C3c4cc(-c5ccccc5)ccc4-c4ccc(-c5ccccc5)cc43)[Si]2)=C1. The van der Waals surface area contributed by atoms with Crippen molar-refractivity contribution >= 4 is 9.52 Å². The Labute approximate surface area is 217 Å². The monoisotopic (exact) mass is 478 g/mol. The molecule has 1 aliphatic heterocycles. The zero-order chi connectivity index (χ0) is 23.9. The fourth-order valence-corrected chi connectivity index (χ4v) is 8.83. The number of allylic oxidation sites excluding steroid dienone is 4. The van der Waals surface area contributed by atoms with Gasteiger partial charge in [-0.25, -0.2) is 0 Å². The first-order valence-electron chi connectivity index (χ1n) is 13.4. The molecule has 1 heteroatoms. The van der Waals surface area contributed by atoms with Crippen molar-refractivity contribution in [3.63, 3.8) is 0 Å². The second-order valence-corrected chi connectivity index (χ2v) is 12.2. The molecule has 0 N–H and O–H groups in total. The lowest BCUT2D eigenvalue weighted by atomic mass is 9.87. The lowest BCUT2D eigenvalue weighted by Crippen LogP contribution is -2.23. The van der Waals surface area contributed by atoms with E-state index >= 15 is 0 Å². The van der Waals surface area contributed by atoms with E-state index < -0.39 is 0 Å². The van der Waals surface area contributed by atoms with Crippen LogP contribution in [0.3, 0.4) is 0 Å². The van der Waals surface area contributed by atoms with Gasteiger partial charge >= 0.3 is 0 Å². The highest BCUT2D eigenvalue weighted by Gasteiger charge is 2.38. The number of fused-ring (bicyclic) bond motifs is 3. The summed E-state index contributed by atoms with van der Waals surface area (Å²) in [7, 11) is 0.994. The molecule has 7 rings (SSSR count). The van der Waals surface area contributed by atoms with Crippen LogP contribution in [0.4, 0.5) is 0 Å². The first-order valence-corrected chi connectivity index (χ1v) is 14.5. The van der Waals surface area contributed by atoms with Crippen LogP contribution in [0, 0.1) is 0 Å². The van der Waals surface area contributed by atoms with Crippen LogP contribution < -0.4 is 0 Å². The molecule has 1 fully saturated rings. The molecule has 0 bridgehead atoms. The topological polar surface area (TPSA) is 0 Å². The van der Waals surface area contributed by atoms with Crippen LogP contribution in [0.1, 0.15) is 42.7 Å². The summed E-state index contributed by atoms with van der Waals surface area (Å²) in [6.45, 7) is 0. The molecule has 0 saturated carbocycles. The molecule has 0 nitrogen and oxygen atoms in total. The van der Waals surface area contributed by atoms with Gasteiger partial charge in [0.2, 0.25) is 0 Å². The first kappa shape index (κ1) is 21.8. The molecule has 0 spiro atoms. The van der Waals surface area contributed by atoms with Crippen LogP contribution >= 0.6 is 0 Å².